The Hall–Kier alpha value is -1.88. The minimum atomic E-state index is -0.132. The molecule has 2 atom stereocenters. The van der Waals surface area contributed by atoms with Gasteiger partial charge in [-0.25, -0.2) is 4.98 Å². The number of aromatic nitrogens is 1. The second-order valence-electron chi connectivity index (χ2n) is 6.45. The molecule has 0 unspecified atom stereocenters. The summed E-state index contributed by atoms with van der Waals surface area (Å²) >= 11 is 1.72. The third kappa shape index (κ3) is 3.61. The zero-order chi connectivity index (χ0) is 17.1. The van der Waals surface area contributed by atoms with Gasteiger partial charge in [0, 0.05) is 30.1 Å². The van der Waals surface area contributed by atoms with Crippen LogP contribution in [0.1, 0.15) is 47.9 Å². The number of carbonyl (C=O) groups is 1. The van der Waals surface area contributed by atoms with Crippen molar-refractivity contribution in [2.24, 2.45) is 0 Å². The first kappa shape index (κ1) is 17.0. The summed E-state index contributed by atoms with van der Waals surface area (Å²) in [5, 5.41) is 3.26. The molecule has 1 aromatic carbocycles. The number of methoxy groups -OCH3 is 1. The van der Waals surface area contributed by atoms with E-state index in [4.69, 9.17) is 4.74 Å². The molecule has 24 heavy (non-hydrogen) atoms. The Bertz CT molecular complexity index is 696. The first-order valence-corrected chi connectivity index (χ1v) is 9.31. The maximum absolute atomic E-state index is 12.9. The molecule has 1 aliphatic rings. The van der Waals surface area contributed by atoms with Crippen LogP contribution in [0.4, 0.5) is 0 Å². The van der Waals surface area contributed by atoms with E-state index in [0.717, 1.165) is 42.9 Å². The molecule has 0 N–H and O–H groups in total. The third-order valence-electron chi connectivity index (χ3n) is 4.71. The minimum absolute atomic E-state index is 0.132. The quantitative estimate of drug-likeness (QED) is 0.843. The van der Waals surface area contributed by atoms with E-state index in [2.05, 4.69) is 10.4 Å². The number of hydrogen-bond donors (Lipinski definition) is 0. The van der Waals surface area contributed by atoms with Gasteiger partial charge in [-0.15, -0.1) is 11.3 Å². The summed E-state index contributed by atoms with van der Waals surface area (Å²) in [4.78, 5) is 19.5. The molecule has 2 aromatic rings. The molecule has 1 aliphatic heterocycles. The number of aryl methyl sites for hydroxylation is 1. The highest BCUT2D eigenvalue weighted by molar-refractivity contribution is 7.09. The largest absolute Gasteiger partial charge is 0.497 e. The van der Waals surface area contributed by atoms with Gasteiger partial charge in [0.15, 0.2) is 0 Å². The van der Waals surface area contributed by atoms with Crippen LogP contribution >= 0.6 is 11.3 Å². The summed E-state index contributed by atoms with van der Waals surface area (Å²) in [6.45, 7) is 5.64. The average molecular weight is 344 g/mol. The van der Waals surface area contributed by atoms with Crippen LogP contribution in [-0.2, 0) is 4.79 Å². The molecule has 128 valence electrons. The molecule has 3 rings (SSSR count). The standard InChI is InChI=1S/C19H24N2O2S/c1-13-12-24-18(20-13)16-5-4-10-21(11-16)19(22)14(2)15-6-8-17(23-3)9-7-15/h6-9,12,14,16H,4-5,10-11H2,1-3H3/t14-,16+/m1/s1. The highest BCUT2D eigenvalue weighted by Crippen LogP contribution is 2.31. The van der Waals surface area contributed by atoms with Crippen molar-refractivity contribution in [2.75, 3.05) is 20.2 Å². The lowest BCUT2D eigenvalue weighted by molar-refractivity contribution is -0.133. The second-order valence-corrected chi connectivity index (χ2v) is 7.34. The van der Waals surface area contributed by atoms with Crippen molar-refractivity contribution in [3.63, 3.8) is 0 Å². The Morgan fingerprint density at radius 2 is 2.12 bits per heavy atom. The van der Waals surface area contributed by atoms with E-state index in [0.29, 0.717) is 5.92 Å². The average Bonchev–Trinajstić information content (AvgIpc) is 3.07. The van der Waals surface area contributed by atoms with Gasteiger partial charge in [-0.1, -0.05) is 12.1 Å². The Kier molecular flexibility index (Phi) is 5.19. The second kappa shape index (κ2) is 7.34. The first-order valence-electron chi connectivity index (χ1n) is 8.43. The molecule has 0 aliphatic carbocycles. The van der Waals surface area contributed by atoms with Crippen LogP contribution in [0.3, 0.4) is 0 Å². The topological polar surface area (TPSA) is 42.4 Å². The van der Waals surface area contributed by atoms with Gasteiger partial charge in [0.05, 0.1) is 18.0 Å². The van der Waals surface area contributed by atoms with E-state index in [9.17, 15) is 4.79 Å². The zero-order valence-corrected chi connectivity index (χ0v) is 15.3. The Morgan fingerprint density at radius 1 is 1.38 bits per heavy atom. The van der Waals surface area contributed by atoms with E-state index in [-0.39, 0.29) is 11.8 Å². The highest BCUT2D eigenvalue weighted by atomic mass is 32.1. The van der Waals surface area contributed by atoms with Crippen LogP contribution < -0.4 is 4.74 Å². The molecule has 2 heterocycles. The monoisotopic (exact) mass is 344 g/mol. The lowest BCUT2D eigenvalue weighted by atomic mass is 9.95. The van der Waals surface area contributed by atoms with Crippen molar-refractivity contribution in [1.82, 2.24) is 9.88 Å². The summed E-state index contributed by atoms with van der Waals surface area (Å²) in [7, 11) is 1.65. The van der Waals surface area contributed by atoms with Gasteiger partial charge < -0.3 is 9.64 Å². The summed E-state index contributed by atoms with van der Waals surface area (Å²) in [6, 6.07) is 7.78. The number of amides is 1. The lowest BCUT2D eigenvalue weighted by Crippen LogP contribution is -2.41. The van der Waals surface area contributed by atoms with Crippen LogP contribution in [0.5, 0.6) is 5.75 Å². The molecule has 5 heteroatoms. The Balaban J connectivity index is 1.69. The van der Waals surface area contributed by atoms with Crippen molar-refractivity contribution < 1.29 is 9.53 Å². The fourth-order valence-corrected chi connectivity index (χ4v) is 4.17. The van der Waals surface area contributed by atoms with Crippen LogP contribution in [0.25, 0.3) is 0 Å². The van der Waals surface area contributed by atoms with Crippen LogP contribution in [0.2, 0.25) is 0 Å². The number of likely N-dealkylation sites (tertiary alicyclic amines) is 1. The van der Waals surface area contributed by atoms with Crippen molar-refractivity contribution >= 4 is 17.2 Å². The van der Waals surface area contributed by atoms with Gasteiger partial charge >= 0.3 is 0 Å². The van der Waals surface area contributed by atoms with Gasteiger partial charge in [0.1, 0.15) is 5.75 Å². The molecule has 0 bridgehead atoms. The van der Waals surface area contributed by atoms with Gasteiger partial charge in [-0.3, -0.25) is 4.79 Å². The van der Waals surface area contributed by atoms with Gasteiger partial charge in [-0.2, -0.15) is 0 Å². The molecular formula is C19H24N2O2S. The molecule has 1 aromatic heterocycles. The molecule has 0 radical (unpaired) electrons. The minimum Gasteiger partial charge on any atom is -0.497 e. The van der Waals surface area contributed by atoms with Gasteiger partial charge in [-0.05, 0) is 44.4 Å². The lowest BCUT2D eigenvalue weighted by Gasteiger charge is -2.33. The van der Waals surface area contributed by atoms with E-state index >= 15 is 0 Å². The molecule has 0 saturated carbocycles. The molecule has 1 saturated heterocycles. The number of benzene rings is 1. The number of thiazole rings is 1. The Morgan fingerprint density at radius 3 is 2.75 bits per heavy atom. The number of nitrogens with zero attached hydrogens (tertiary/aromatic N) is 2. The zero-order valence-electron chi connectivity index (χ0n) is 14.5. The first-order chi connectivity index (χ1) is 11.6. The fraction of sp³-hybridized carbons (Fsp3) is 0.474. The molecular weight excluding hydrogens is 320 g/mol. The maximum Gasteiger partial charge on any atom is 0.229 e. The summed E-state index contributed by atoms with van der Waals surface area (Å²) in [5.41, 5.74) is 2.11. The third-order valence-corrected chi connectivity index (χ3v) is 5.83. The van der Waals surface area contributed by atoms with E-state index in [1.54, 1.807) is 18.4 Å². The van der Waals surface area contributed by atoms with Crippen molar-refractivity contribution in [3.05, 3.63) is 45.9 Å². The van der Waals surface area contributed by atoms with Crippen molar-refractivity contribution in [3.8, 4) is 5.75 Å². The molecule has 0 spiro atoms. The number of ether oxygens (including phenoxy) is 1. The number of carbonyl (C=O) groups excluding carboxylic acids is 1. The number of piperidine rings is 1. The van der Waals surface area contributed by atoms with E-state index in [1.807, 2.05) is 43.0 Å². The van der Waals surface area contributed by atoms with Crippen molar-refractivity contribution in [2.45, 2.75) is 38.5 Å². The number of hydrogen-bond acceptors (Lipinski definition) is 4. The van der Waals surface area contributed by atoms with Crippen molar-refractivity contribution in [1.29, 1.82) is 0 Å². The SMILES string of the molecule is COc1ccc([C@@H](C)C(=O)N2CCC[C@H](c3nc(C)cs3)C2)cc1. The normalized spacial score (nSPS) is 19.1. The summed E-state index contributed by atoms with van der Waals surface area (Å²) in [6.07, 6.45) is 2.16. The fourth-order valence-electron chi connectivity index (χ4n) is 3.25. The van der Waals surface area contributed by atoms with E-state index in [1.165, 1.54) is 5.01 Å². The number of rotatable bonds is 4. The summed E-state index contributed by atoms with van der Waals surface area (Å²) in [5.74, 6) is 1.27. The van der Waals surface area contributed by atoms with E-state index < -0.39 is 0 Å². The van der Waals surface area contributed by atoms with Crippen LogP contribution in [0, 0.1) is 6.92 Å². The van der Waals surface area contributed by atoms with Gasteiger partial charge in [0.25, 0.3) is 0 Å². The Labute approximate surface area is 147 Å². The molecule has 1 amide bonds. The summed E-state index contributed by atoms with van der Waals surface area (Å²) < 4.78 is 5.19. The predicted octanol–water partition coefficient (Wildman–Crippen LogP) is 3.97. The molecule has 1 fully saturated rings. The highest BCUT2D eigenvalue weighted by Gasteiger charge is 2.29. The van der Waals surface area contributed by atoms with Crippen LogP contribution in [-0.4, -0.2) is 36.0 Å². The van der Waals surface area contributed by atoms with Crippen LogP contribution in [0.15, 0.2) is 29.6 Å². The molecule has 4 nitrogen and oxygen atoms in total. The van der Waals surface area contributed by atoms with Gasteiger partial charge in [0.2, 0.25) is 5.91 Å². The smallest absolute Gasteiger partial charge is 0.229 e. The maximum atomic E-state index is 12.9. The predicted molar refractivity (Wildman–Crippen MR) is 96.8 cm³/mol.